The molecule has 0 atom stereocenters. The molecule has 0 aliphatic rings. The minimum absolute atomic E-state index is 0.131. The van der Waals surface area contributed by atoms with Crippen LogP contribution < -0.4 is 19.5 Å². The van der Waals surface area contributed by atoms with Gasteiger partial charge < -0.3 is 23.9 Å². The van der Waals surface area contributed by atoms with Crippen LogP contribution in [0.25, 0.3) is 11.5 Å². The van der Waals surface area contributed by atoms with Gasteiger partial charge in [0.2, 0.25) is 11.8 Å². The lowest BCUT2D eigenvalue weighted by Crippen LogP contribution is -2.20. The second-order valence-corrected chi connectivity index (χ2v) is 5.79. The Morgan fingerprint density at radius 3 is 2.43 bits per heavy atom. The Morgan fingerprint density at radius 2 is 1.79 bits per heavy atom. The Hall–Kier alpha value is -3.55. The summed E-state index contributed by atoms with van der Waals surface area (Å²) in [7, 11) is 3.09. The summed E-state index contributed by atoms with van der Waals surface area (Å²) in [5.41, 5.74) is 1.37. The molecule has 0 saturated heterocycles. The van der Waals surface area contributed by atoms with Crippen molar-refractivity contribution in [1.82, 2.24) is 10.2 Å². The first-order valence-corrected chi connectivity index (χ1v) is 8.70. The Kier molecular flexibility index (Phi) is 6.11. The normalized spacial score (nSPS) is 10.4. The molecule has 0 spiro atoms. The van der Waals surface area contributed by atoms with E-state index < -0.39 is 0 Å². The van der Waals surface area contributed by atoms with Crippen molar-refractivity contribution in [2.45, 2.75) is 13.3 Å². The summed E-state index contributed by atoms with van der Waals surface area (Å²) < 4.78 is 21.4. The molecule has 2 aromatic carbocycles. The number of ether oxygens (including phenoxy) is 3. The number of nitrogens with zero attached hydrogens (tertiary/aromatic N) is 2. The van der Waals surface area contributed by atoms with Crippen molar-refractivity contribution in [1.29, 1.82) is 0 Å². The molecule has 146 valence electrons. The molecular formula is C20H21N3O5. The van der Waals surface area contributed by atoms with Crippen molar-refractivity contribution in [3.8, 4) is 28.7 Å². The van der Waals surface area contributed by atoms with Crippen LogP contribution in [0.15, 0.2) is 46.9 Å². The van der Waals surface area contributed by atoms with Gasteiger partial charge >= 0.3 is 0 Å². The molecule has 0 unspecified atom stereocenters. The Morgan fingerprint density at radius 1 is 1.04 bits per heavy atom. The molecule has 8 nitrogen and oxygen atoms in total. The second kappa shape index (κ2) is 8.90. The molecule has 3 rings (SSSR count). The van der Waals surface area contributed by atoms with E-state index in [0.29, 0.717) is 41.1 Å². The Labute approximate surface area is 162 Å². The van der Waals surface area contributed by atoms with E-state index in [4.69, 9.17) is 18.6 Å². The van der Waals surface area contributed by atoms with Crippen molar-refractivity contribution in [3.63, 3.8) is 0 Å². The average molecular weight is 383 g/mol. The smallest absolute Gasteiger partial charge is 0.262 e. The summed E-state index contributed by atoms with van der Waals surface area (Å²) in [5, 5.41) is 10.7. The monoisotopic (exact) mass is 383 g/mol. The fourth-order valence-corrected chi connectivity index (χ4v) is 2.47. The first-order chi connectivity index (χ1) is 13.6. The van der Waals surface area contributed by atoms with Gasteiger partial charge in [0.05, 0.1) is 14.2 Å². The highest BCUT2D eigenvalue weighted by molar-refractivity contribution is 5.92. The van der Waals surface area contributed by atoms with Crippen LogP contribution in [-0.2, 0) is 11.2 Å². The minimum Gasteiger partial charge on any atom is -0.493 e. The van der Waals surface area contributed by atoms with Crippen LogP contribution in [0.2, 0.25) is 0 Å². The van der Waals surface area contributed by atoms with Crippen molar-refractivity contribution < 1.29 is 23.4 Å². The van der Waals surface area contributed by atoms with Crippen molar-refractivity contribution in [3.05, 3.63) is 48.4 Å². The quantitative estimate of drug-likeness (QED) is 0.637. The molecule has 1 N–H and O–H groups in total. The van der Waals surface area contributed by atoms with Gasteiger partial charge in [-0.1, -0.05) is 6.92 Å². The number of aryl methyl sites for hydroxylation is 1. The van der Waals surface area contributed by atoms with Crippen LogP contribution in [0, 0.1) is 0 Å². The predicted octanol–water partition coefficient (Wildman–Crippen LogP) is 3.33. The van der Waals surface area contributed by atoms with E-state index in [1.54, 1.807) is 49.6 Å². The zero-order chi connectivity index (χ0) is 19.9. The summed E-state index contributed by atoms with van der Waals surface area (Å²) in [6, 6.07) is 12.2. The molecule has 0 aliphatic carbocycles. The summed E-state index contributed by atoms with van der Waals surface area (Å²) in [4.78, 5) is 12.1. The zero-order valence-electron chi connectivity index (χ0n) is 15.9. The highest BCUT2D eigenvalue weighted by atomic mass is 16.5. The van der Waals surface area contributed by atoms with Crippen LogP contribution in [0.1, 0.15) is 12.8 Å². The fourth-order valence-electron chi connectivity index (χ4n) is 2.47. The lowest BCUT2D eigenvalue weighted by Gasteiger charge is -2.11. The lowest BCUT2D eigenvalue weighted by molar-refractivity contribution is -0.118. The SMILES string of the molecule is CCc1nnc(-c2ccc(OCC(=O)Nc3ccc(OC)c(OC)c3)cc2)o1. The number of carbonyl (C=O) groups excluding carboxylic acids is 1. The summed E-state index contributed by atoms with van der Waals surface area (Å²) in [5.74, 6) is 2.42. The third kappa shape index (κ3) is 4.59. The fraction of sp³-hybridized carbons (Fsp3) is 0.250. The van der Waals surface area contributed by atoms with E-state index in [1.165, 1.54) is 7.11 Å². The molecule has 28 heavy (non-hydrogen) atoms. The number of aromatic nitrogens is 2. The minimum atomic E-state index is -0.291. The molecule has 8 heteroatoms. The maximum absolute atomic E-state index is 12.1. The predicted molar refractivity (Wildman–Crippen MR) is 103 cm³/mol. The van der Waals surface area contributed by atoms with Gasteiger partial charge in [-0.2, -0.15) is 0 Å². The molecule has 0 bridgehead atoms. The second-order valence-electron chi connectivity index (χ2n) is 5.79. The van der Waals surface area contributed by atoms with Crippen molar-refractivity contribution in [2.75, 3.05) is 26.1 Å². The molecule has 3 aromatic rings. The van der Waals surface area contributed by atoms with E-state index in [0.717, 1.165) is 5.56 Å². The van der Waals surface area contributed by atoms with Gasteiger partial charge in [0.25, 0.3) is 5.91 Å². The third-order valence-corrected chi connectivity index (χ3v) is 3.91. The van der Waals surface area contributed by atoms with Gasteiger partial charge in [-0.3, -0.25) is 4.79 Å². The lowest BCUT2D eigenvalue weighted by atomic mass is 10.2. The number of amides is 1. The van der Waals surface area contributed by atoms with Crippen molar-refractivity contribution >= 4 is 11.6 Å². The molecular weight excluding hydrogens is 362 g/mol. The molecule has 0 radical (unpaired) electrons. The van der Waals surface area contributed by atoms with E-state index >= 15 is 0 Å². The number of hydrogen-bond donors (Lipinski definition) is 1. The molecule has 1 aromatic heterocycles. The number of methoxy groups -OCH3 is 2. The van der Waals surface area contributed by atoms with Crippen LogP contribution in [0.4, 0.5) is 5.69 Å². The van der Waals surface area contributed by atoms with Gasteiger partial charge in [0.15, 0.2) is 18.1 Å². The van der Waals surface area contributed by atoms with Gasteiger partial charge in [-0.15, -0.1) is 10.2 Å². The topological polar surface area (TPSA) is 95.7 Å². The average Bonchev–Trinajstić information content (AvgIpc) is 3.22. The molecule has 0 fully saturated rings. The van der Waals surface area contributed by atoms with Crippen LogP contribution >= 0.6 is 0 Å². The summed E-state index contributed by atoms with van der Waals surface area (Å²) in [6.07, 6.45) is 0.684. The van der Waals surface area contributed by atoms with Crippen LogP contribution in [0.5, 0.6) is 17.2 Å². The summed E-state index contributed by atoms with van der Waals surface area (Å²) in [6.45, 7) is 1.82. The number of hydrogen-bond acceptors (Lipinski definition) is 7. The maximum Gasteiger partial charge on any atom is 0.262 e. The molecule has 0 aliphatic heterocycles. The van der Waals surface area contributed by atoms with Crippen molar-refractivity contribution in [2.24, 2.45) is 0 Å². The number of anilines is 1. The van der Waals surface area contributed by atoms with Gasteiger partial charge in [-0.05, 0) is 36.4 Å². The van der Waals surface area contributed by atoms with Gasteiger partial charge in [0, 0.05) is 23.7 Å². The molecule has 1 amide bonds. The highest BCUT2D eigenvalue weighted by Gasteiger charge is 2.10. The number of carbonyl (C=O) groups is 1. The third-order valence-electron chi connectivity index (χ3n) is 3.91. The van der Waals surface area contributed by atoms with Crippen LogP contribution in [0.3, 0.4) is 0 Å². The largest absolute Gasteiger partial charge is 0.493 e. The van der Waals surface area contributed by atoms with Gasteiger partial charge in [0.1, 0.15) is 5.75 Å². The van der Waals surface area contributed by atoms with E-state index in [9.17, 15) is 4.79 Å². The van der Waals surface area contributed by atoms with Gasteiger partial charge in [-0.25, -0.2) is 0 Å². The summed E-state index contributed by atoms with van der Waals surface area (Å²) >= 11 is 0. The number of benzene rings is 2. The first kappa shape index (κ1) is 19.2. The molecule has 1 heterocycles. The van der Waals surface area contributed by atoms with E-state index in [1.807, 2.05) is 6.92 Å². The van der Waals surface area contributed by atoms with E-state index in [-0.39, 0.29) is 12.5 Å². The zero-order valence-corrected chi connectivity index (χ0v) is 15.9. The van der Waals surface area contributed by atoms with E-state index in [2.05, 4.69) is 15.5 Å². The standard InChI is InChI=1S/C20H21N3O5/c1-4-19-22-23-20(28-19)13-5-8-15(9-6-13)27-12-18(24)21-14-7-10-16(25-2)17(11-14)26-3/h5-11H,4,12H2,1-3H3,(H,21,24). The maximum atomic E-state index is 12.1. The molecule has 0 saturated carbocycles. The van der Waals surface area contributed by atoms with Crippen LogP contribution in [-0.4, -0.2) is 36.9 Å². The first-order valence-electron chi connectivity index (χ1n) is 8.70. The highest BCUT2D eigenvalue weighted by Crippen LogP contribution is 2.29. The Balaban J connectivity index is 1.56. The number of rotatable bonds is 8. The Bertz CT molecular complexity index is 937. The number of nitrogens with one attached hydrogen (secondary N) is 1.